The highest BCUT2D eigenvalue weighted by atomic mass is 32.1. The van der Waals surface area contributed by atoms with E-state index >= 15 is 0 Å². The summed E-state index contributed by atoms with van der Waals surface area (Å²) in [4.78, 5) is 20.5. The number of rotatable bonds is 3. The van der Waals surface area contributed by atoms with Crippen molar-refractivity contribution in [3.8, 4) is 0 Å². The van der Waals surface area contributed by atoms with E-state index in [0.29, 0.717) is 19.5 Å². The Labute approximate surface area is 146 Å². The van der Waals surface area contributed by atoms with Crippen molar-refractivity contribution in [1.82, 2.24) is 9.88 Å². The van der Waals surface area contributed by atoms with Gasteiger partial charge in [-0.3, -0.25) is 9.78 Å². The van der Waals surface area contributed by atoms with E-state index in [1.54, 1.807) is 17.5 Å². The van der Waals surface area contributed by atoms with Gasteiger partial charge in [0.1, 0.15) is 0 Å². The molecule has 2 aromatic rings. The lowest BCUT2D eigenvalue weighted by molar-refractivity contribution is 0.0764. The molecule has 0 radical (unpaired) electrons. The number of fused-ring (bicyclic) bond motifs is 1. The van der Waals surface area contributed by atoms with Crippen molar-refractivity contribution in [2.75, 3.05) is 13.1 Å². The number of hydrogen-bond acceptors (Lipinski definition) is 4. The monoisotopic (exact) mass is 342 g/mol. The zero-order valence-electron chi connectivity index (χ0n) is 13.6. The largest absolute Gasteiger partial charge is 0.391 e. The molecule has 2 aromatic heterocycles. The minimum absolute atomic E-state index is 0.0679. The topological polar surface area (TPSA) is 53.4 Å². The highest BCUT2D eigenvalue weighted by molar-refractivity contribution is 7.10. The van der Waals surface area contributed by atoms with E-state index in [0.717, 1.165) is 24.1 Å². The minimum atomic E-state index is -0.467. The van der Waals surface area contributed by atoms with Crippen LogP contribution in [0.15, 0.2) is 29.8 Å². The van der Waals surface area contributed by atoms with Crippen molar-refractivity contribution < 1.29 is 9.90 Å². The highest BCUT2D eigenvalue weighted by Gasteiger charge is 2.35. The lowest BCUT2D eigenvalue weighted by atomic mass is 9.95. The number of carbonyl (C=O) groups is 1. The Kier molecular flexibility index (Phi) is 4.37. The van der Waals surface area contributed by atoms with Crippen LogP contribution in [0, 0.1) is 5.92 Å². The third-order valence-electron chi connectivity index (χ3n) is 5.18. The summed E-state index contributed by atoms with van der Waals surface area (Å²) in [5, 5.41) is 12.4. The number of hydrogen-bond donors (Lipinski definition) is 1. The molecule has 0 bridgehead atoms. The molecule has 5 heteroatoms. The molecular weight excluding hydrogens is 320 g/mol. The van der Waals surface area contributed by atoms with E-state index in [2.05, 4.69) is 4.98 Å². The third kappa shape index (κ3) is 2.98. The number of aliphatic hydroxyl groups excluding tert-OH is 1. The number of amides is 1. The van der Waals surface area contributed by atoms with Crippen LogP contribution in [-0.2, 0) is 19.3 Å². The predicted octanol–water partition coefficient (Wildman–Crippen LogP) is 2.70. The molecule has 0 saturated carbocycles. The fourth-order valence-corrected chi connectivity index (χ4v) is 4.97. The molecule has 2 aliphatic rings. The summed E-state index contributed by atoms with van der Waals surface area (Å²) >= 11 is 1.72. The van der Waals surface area contributed by atoms with Crippen LogP contribution in [0.25, 0.3) is 0 Å². The Hall–Kier alpha value is -1.72. The first kappa shape index (κ1) is 15.8. The number of thiophene rings is 1. The molecule has 4 nitrogen and oxygen atoms in total. The Morgan fingerprint density at radius 2 is 2.17 bits per heavy atom. The molecule has 1 saturated heterocycles. The predicted molar refractivity (Wildman–Crippen MR) is 94.3 cm³/mol. The fourth-order valence-electron chi connectivity index (χ4n) is 3.85. The van der Waals surface area contributed by atoms with Crippen LogP contribution in [0.5, 0.6) is 0 Å². The van der Waals surface area contributed by atoms with Gasteiger partial charge in [-0.1, -0.05) is 6.07 Å². The zero-order valence-corrected chi connectivity index (χ0v) is 14.5. The second-order valence-corrected chi connectivity index (χ2v) is 7.79. The average molecular weight is 342 g/mol. The summed E-state index contributed by atoms with van der Waals surface area (Å²) < 4.78 is 0. The Morgan fingerprint density at radius 1 is 1.29 bits per heavy atom. The minimum Gasteiger partial charge on any atom is -0.391 e. The molecule has 1 N–H and O–H groups in total. The SMILES string of the molecule is O=C(c1csc2c1CCCC2)N1C[C@@H](Cc2ccccn2)[C@H](O)C1. The number of aliphatic hydroxyl groups is 1. The van der Waals surface area contributed by atoms with Gasteiger partial charge in [-0.2, -0.15) is 0 Å². The third-order valence-corrected chi connectivity index (χ3v) is 6.27. The molecule has 1 aliphatic carbocycles. The van der Waals surface area contributed by atoms with Gasteiger partial charge >= 0.3 is 0 Å². The average Bonchev–Trinajstić information content (AvgIpc) is 3.19. The van der Waals surface area contributed by atoms with E-state index < -0.39 is 6.10 Å². The summed E-state index contributed by atoms with van der Waals surface area (Å²) in [5.41, 5.74) is 3.11. The summed E-state index contributed by atoms with van der Waals surface area (Å²) in [5.74, 6) is 0.162. The smallest absolute Gasteiger partial charge is 0.255 e. The van der Waals surface area contributed by atoms with Gasteiger partial charge in [0.15, 0.2) is 0 Å². The van der Waals surface area contributed by atoms with Crippen LogP contribution < -0.4 is 0 Å². The molecule has 4 rings (SSSR count). The number of pyridine rings is 1. The van der Waals surface area contributed by atoms with Gasteiger partial charge in [0.25, 0.3) is 5.91 Å². The first-order valence-electron chi connectivity index (χ1n) is 8.69. The van der Waals surface area contributed by atoms with Crippen molar-refractivity contribution in [3.05, 3.63) is 51.5 Å². The number of β-amino-alcohol motifs (C(OH)–C–C–N with tert-alkyl or cyclic N) is 1. The second-order valence-electron chi connectivity index (χ2n) is 6.82. The van der Waals surface area contributed by atoms with Gasteiger partial charge in [-0.05, 0) is 49.8 Å². The maximum absolute atomic E-state index is 12.9. The lowest BCUT2D eigenvalue weighted by Gasteiger charge is -2.18. The van der Waals surface area contributed by atoms with Gasteiger partial charge in [-0.25, -0.2) is 0 Å². The molecule has 0 spiro atoms. The fraction of sp³-hybridized carbons (Fsp3) is 0.474. The molecule has 1 aliphatic heterocycles. The number of carbonyl (C=O) groups excluding carboxylic acids is 1. The highest BCUT2D eigenvalue weighted by Crippen LogP contribution is 2.32. The van der Waals surface area contributed by atoms with Gasteiger partial charge < -0.3 is 10.0 Å². The molecule has 126 valence electrons. The number of likely N-dealkylation sites (tertiary alicyclic amines) is 1. The Morgan fingerprint density at radius 3 is 3.00 bits per heavy atom. The lowest BCUT2D eigenvalue weighted by Crippen LogP contribution is -2.30. The Bertz CT molecular complexity index is 728. The van der Waals surface area contributed by atoms with E-state index in [1.165, 1.54) is 23.3 Å². The van der Waals surface area contributed by atoms with Gasteiger partial charge in [-0.15, -0.1) is 11.3 Å². The number of nitrogens with zero attached hydrogens (tertiary/aromatic N) is 2. The molecule has 24 heavy (non-hydrogen) atoms. The maximum atomic E-state index is 12.9. The van der Waals surface area contributed by atoms with Crippen molar-refractivity contribution in [2.45, 2.75) is 38.2 Å². The van der Waals surface area contributed by atoms with E-state index in [1.807, 2.05) is 28.5 Å². The van der Waals surface area contributed by atoms with E-state index in [9.17, 15) is 9.90 Å². The van der Waals surface area contributed by atoms with Crippen LogP contribution in [-0.4, -0.2) is 40.1 Å². The Balaban J connectivity index is 1.47. The maximum Gasteiger partial charge on any atom is 0.255 e. The molecule has 1 fully saturated rings. The summed E-state index contributed by atoms with van der Waals surface area (Å²) in [6.07, 6.45) is 6.56. The molecule has 1 amide bonds. The van der Waals surface area contributed by atoms with Crippen molar-refractivity contribution in [1.29, 1.82) is 0 Å². The van der Waals surface area contributed by atoms with E-state index in [4.69, 9.17) is 0 Å². The quantitative estimate of drug-likeness (QED) is 0.933. The van der Waals surface area contributed by atoms with Crippen LogP contribution in [0.2, 0.25) is 0 Å². The molecule has 0 unspecified atom stereocenters. The van der Waals surface area contributed by atoms with Crippen LogP contribution in [0.4, 0.5) is 0 Å². The van der Waals surface area contributed by atoms with Gasteiger partial charge in [0.2, 0.25) is 0 Å². The molecule has 0 aromatic carbocycles. The summed E-state index contributed by atoms with van der Waals surface area (Å²) in [7, 11) is 0. The molecular formula is C19H22N2O2S. The summed E-state index contributed by atoms with van der Waals surface area (Å²) in [6.45, 7) is 1.04. The molecule has 2 atom stereocenters. The van der Waals surface area contributed by atoms with Crippen molar-refractivity contribution >= 4 is 17.2 Å². The normalized spacial score (nSPS) is 23.3. The summed E-state index contributed by atoms with van der Waals surface area (Å²) in [6, 6.07) is 5.83. The van der Waals surface area contributed by atoms with Crippen LogP contribution in [0.3, 0.4) is 0 Å². The van der Waals surface area contributed by atoms with Crippen LogP contribution >= 0.6 is 11.3 Å². The standard InChI is InChI=1S/C19H22N2O2S/c22-17-11-21(10-13(17)9-14-5-3-4-8-20-14)19(23)16-12-24-18-7-2-1-6-15(16)18/h3-5,8,12-13,17,22H,1-2,6-7,9-11H2/t13-,17-/m1/s1. The van der Waals surface area contributed by atoms with E-state index in [-0.39, 0.29) is 11.8 Å². The zero-order chi connectivity index (χ0) is 16.5. The number of aromatic nitrogens is 1. The van der Waals surface area contributed by atoms with Gasteiger partial charge in [0, 0.05) is 41.2 Å². The van der Waals surface area contributed by atoms with Crippen molar-refractivity contribution in [2.24, 2.45) is 5.92 Å². The second kappa shape index (κ2) is 6.65. The molecule has 3 heterocycles. The first-order valence-corrected chi connectivity index (χ1v) is 9.57. The van der Waals surface area contributed by atoms with Gasteiger partial charge in [0.05, 0.1) is 11.7 Å². The first-order chi connectivity index (χ1) is 11.7. The number of aryl methyl sites for hydroxylation is 1. The van der Waals surface area contributed by atoms with Crippen molar-refractivity contribution in [3.63, 3.8) is 0 Å². The van der Waals surface area contributed by atoms with Crippen LogP contribution in [0.1, 0.15) is 39.3 Å².